The number of nitrogens with one attached hydrogen (secondary N) is 1. The molecule has 1 N–H and O–H groups in total. The summed E-state index contributed by atoms with van der Waals surface area (Å²) in [6.07, 6.45) is 8.05. The van der Waals surface area contributed by atoms with E-state index < -0.39 is 0 Å². The van der Waals surface area contributed by atoms with Crippen LogP contribution < -0.4 is 5.32 Å². The van der Waals surface area contributed by atoms with Crippen LogP contribution in [0.2, 0.25) is 0 Å². The van der Waals surface area contributed by atoms with Crippen molar-refractivity contribution in [3.05, 3.63) is 42.2 Å². The van der Waals surface area contributed by atoms with Crippen molar-refractivity contribution in [2.75, 3.05) is 0 Å². The summed E-state index contributed by atoms with van der Waals surface area (Å²) < 4.78 is 4.24. The van der Waals surface area contributed by atoms with E-state index in [1.54, 1.807) is 0 Å². The van der Waals surface area contributed by atoms with Crippen LogP contribution in [-0.2, 0) is 20.1 Å². The van der Waals surface area contributed by atoms with Crippen LogP contribution in [0.5, 0.6) is 0 Å². The molecule has 98 valence electrons. The molecule has 2 rings (SSSR count). The highest BCUT2D eigenvalue weighted by Gasteiger charge is 2.09. The average molecular weight is 246 g/mol. The maximum Gasteiger partial charge on any atom is 0.0946 e. The molecule has 0 aliphatic rings. The minimum Gasteiger partial charge on any atom is -0.348 e. The van der Waals surface area contributed by atoms with E-state index >= 15 is 0 Å². The topological polar surface area (TPSA) is 34.8 Å². The summed E-state index contributed by atoms with van der Waals surface area (Å²) >= 11 is 0. The van der Waals surface area contributed by atoms with Gasteiger partial charge in [0.1, 0.15) is 0 Å². The van der Waals surface area contributed by atoms with Crippen molar-refractivity contribution < 1.29 is 0 Å². The SMILES string of the molecule is Cn1cncc1Cn1ccc(CNC(C)(C)C)c1. The largest absolute Gasteiger partial charge is 0.348 e. The van der Waals surface area contributed by atoms with Gasteiger partial charge in [0, 0.05) is 37.7 Å². The third-order valence-electron chi connectivity index (χ3n) is 2.90. The first-order chi connectivity index (χ1) is 8.44. The Hall–Kier alpha value is -1.55. The number of hydrogen-bond donors (Lipinski definition) is 1. The quantitative estimate of drug-likeness (QED) is 0.897. The highest BCUT2D eigenvalue weighted by atomic mass is 15.1. The third-order valence-corrected chi connectivity index (χ3v) is 2.90. The Morgan fingerprint density at radius 1 is 1.33 bits per heavy atom. The smallest absolute Gasteiger partial charge is 0.0946 e. The lowest BCUT2D eigenvalue weighted by Crippen LogP contribution is -2.34. The number of rotatable bonds is 4. The minimum atomic E-state index is 0.157. The molecule has 0 saturated heterocycles. The molecular formula is C14H22N4. The molecule has 2 heterocycles. The Kier molecular flexibility index (Phi) is 3.57. The van der Waals surface area contributed by atoms with Crippen LogP contribution in [0.3, 0.4) is 0 Å². The van der Waals surface area contributed by atoms with E-state index in [1.807, 2.05) is 24.1 Å². The zero-order chi connectivity index (χ0) is 13.2. The first kappa shape index (κ1) is 12.9. The van der Waals surface area contributed by atoms with E-state index in [0.29, 0.717) is 0 Å². The summed E-state index contributed by atoms with van der Waals surface area (Å²) in [7, 11) is 2.02. The molecule has 0 fully saturated rings. The summed E-state index contributed by atoms with van der Waals surface area (Å²) in [4.78, 5) is 4.13. The number of aryl methyl sites for hydroxylation is 1. The van der Waals surface area contributed by atoms with Crippen LogP contribution >= 0.6 is 0 Å². The lowest BCUT2D eigenvalue weighted by Gasteiger charge is -2.19. The van der Waals surface area contributed by atoms with Crippen LogP contribution in [0, 0.1) is 0 Å². The molecule has 0 amide bonds. The predicted molar refractivity (Wildman–Crippen MR) is 73.3 cm³/mol. The second-order valence-electron chi connectivity index (χ2n) is 5.79. The number of hydrogen-bond acceptors (Lipinski definition) is 2. The van der Waals surface area contributed by atoms with Gasteiger partial charge in [0.2, 0.25) is 0 Å². The second-order valence-corrected chi connectivity index (χ2v) is 5.79. The highest BCUT2D eigenvalue weighted by molar-refractivity contribution is 5.12. The van der Waals surface area contributed by atoms with Crippen molar-refractivity contribution in [2.24, 2.45) is 7.05 Å². The normalized spacial score (nSPS) is 12.0. The van der Waals surface area contributed by atoms with Crippen molar-refractivity contribution in [2.45, 2.75) is 39.4 Å². The van der Waals surface area contributed by atoms with E-state index in [4.69, 9.17) is 0 Å². The van der Waals surface area contributed by atoms with Crippen molar-refractivity contribution >= 4 is 0 Å². The van der Waals surface area contributed by atoms with E-state index in [9.17, 15) is 0 Å². The van der Waals surface area contributed by atoms with Crippen LogP contribution in [0.25, 0.3) is 0 Å². The lowest BCUT2D eigenvalue weighted by atomic mass is 10.1. The summed E-state index contributed by atoms with van der Waals surface area (Å²) in [5, 5.41) is 3.49. The fraction of sp³-hybridized carbons (Fsp3) is 0.500. The van der Waals surface area contributed by atoms with E-state index in [0.717, 1.165) is 13.1 Å². The molecule has 2 aromatic rings. The molecule has 0 bridgehead atoms. The molecule has 2 aromatic heterocycles. The Balaban J connectivity index is 1.96. The maximum absolute atomic E-state index is 4.13. The minimum absolute atomic E-state index is 0.157. The van der Waals surface area contributed by atoms with Crippen molar-refractivity contribution in [1.29, 1.82) is 0 Å². The molecule has 0 aromatic carbocycles. The standard InChI is InChI=1S/C14H22N4/c1-14(2,3)16-7-12-5-6-18(9-12)10-13-8-15-11-17(13)4/h5-6,8-9,11,16H,7,10H2,1-4H3. The van der Waals surface area contributed by atoms with Gasteiger partial charge in [0.05, 0.1) is 18.6 Å². The molecule has 0 spiro atoms. The highest BCUT2D eigenvalue weighted by Crippen LogP contribution is 2.07. The van der Waals surface area contributed by atoms with Crippen LogP contribution in [0.15, 0.2) is 31.0 Å². The zero-order valence-electron chi connectivity index (χ0n) is 11.6. The van der Waals surface area contributed by atoms with Crippen LogP contribution in [0.1, 0.15) is 32.0 Å². The van der Waals surface area contributed by atoms with Gasteiger partial charge in [-0.05, 0) is 32.4 Å². The van der Waals surface area contributed by atoms with Gasteiger partial charge < -0.3 is 14.5 Å². The van der Waals surface area contributed by atoms with Gasteiger partial charge in [-0.3, -0.25) is 0 Å². The number of imidazole rings is 1. The molecule has 0 aliphatic heterocycles. The van der Waals surface area contributed by atoms with E-state index in [1.165, 1.54) is 11.3 Å². The van der Waals surface area contributed by atoms with E-state index in [-0.39, 0.29) is 5.54 Å². The zero-order valence-corrected chi connectivity index (χ0v) is 11.6. The second kappa shape index (κ2) is 4.98. The van der Waals surface area contributed by atoms with Crippen molar-refractivity contribution in [3.63, 3.8) is 0 Å². The monoisotopic (exact) mass is 246 g/mol. The van der Waals surface area contributed by atoms with Gasteiger partial charge in [-0.25, -0.2) is 4.98 Å². The maximum atomic E-state index is 4.13. The van der Waals surface area contributed by atoms with E-state index in [2.05, 4.69) is 54.1 Å². The van der Waals surface area contributed by atoms with Gasteiger partial charge >= 0.3 is 0 Å². The molecule has 4 heteroatoms. The van der Waals surface area contributed by atoms with Crippen LogP contribution in [-0.4, -0.2) is 19.7 Å². The summed E-state index contributed by atoms with van der Waals surface area (Å²) in [5.41, 5.74) is 2.68. The molecule has 4 nitrogen and oxygen atoms in total. The Morgan fingerprint density at radius 3 is 2.72 bits per heavy atom. The fourth-order valence-electron chi connectivity index (χ4n) is 1.78. The molecule has 0 saturated carbocycles. The van der Waals surface area contributed by atoms with Gasteiger partial charge in [-0.2, -0.15) is 0 Å². The van der Waals surface area contributed by atoms with Gasteiger partial charge in [0.15, 0.2) is 0 Å². The summed E-state index contributed by atoms with van der Waals surface area (Å²) in [6.45, 7) is 8.31. The Labute approximate surface area is 109 Å². The first-order valence-electron chi connectivity index (χ1n) is 6.29. The summed E-state index contributed by atoms with van der Waals surface area (Å²) in [5.74, 6) is 0. The molecular weight excluding hydrogens is 224 g/mol. The Bertz CT molecular complexity index is 502. The molecule has 0 radical (unpaired) electrons. The average Bonchev–Trinajstić information content (AvgIpc) is 2.86. The Morgan fingerprint density at radius 2 is 2.11 bits per heavy atom. The molecule has 0 aliphatic carbocycles. The molecule has 0 unspecified atom stereocenters. The van der Waals surface area contributed by atoms with Crippen molar-refractivity contribution in [1.82, 2.24) is 19.4 Å². The van der Waals surface area contributed by atoms with Crippen LogP contribution in [0.4, 0.5) is 0 Å². The van der Waals surface area contributed by atoms with Gasteiger partial charge in [-0.1, -0.05) is 0 Å². The lowest BCUT2D eigenvalue weighted by molar-refractivity contribution is 0.424. The molecule has 0 atom stereocenters. The van der Waals surface area contributed by atoms with Crippen molar-refractivity contribution in [3.8, 4) is 0 Å². The fourth-order valence-corrected chi connectivity index (χ4v) is 1.78. The van der Waals surface area contributed by atoms with Gasteiger partial charge in [-0.15, -0.1) is 0 Å². The first-order valence-corrected chi connectivity index (χ1v) is 6.29. The molecule has 18 heavy (non-hydrogen) atoms. The number of nitrogens with zero attached hydrogens (tertiary/aromatic N) is 3. The van der Waals surface area contributed by atoms with Gasteiger partial charge in [0.25, 0.3) is 0 Å². The number of aromatic nitrogens is 3. The predicted octanol–water partition coefficient (Wildman–Crippen LogP) is 2.16. The third kappa shape index (κ3) is 3.47. The summed E-state index contributed by atoms with van der Waals surface area (Å²) in [6, 6.07) is 2.16.